The Kier molecular flexibility index (Phi) is 3.51. The van der Waals surface area contributed by atoms with Crippen molar-refractivity contribution in [1.82, 2.24) is 4.98 Å². The zero-order valence-corrected chi connectivity index (χ0v) is 7.34. The first-order valence-corrected chi connectivity index (χ1v) is 4.31. The van der Waals surface area contributed by atoms with Gasteiger partial charge in [0.05, 0.1) is 0 Å². The Labute approximate surface area is 72.3 Å². The minimum Gasteiger partial charge on any atom is -0.448 e. The maximum atomic E-state index is 7.03. The molecule has 66 valence electrons. The number of hydrogen-bond donors (Lipinski definition) is 1. The Hall–Kier alpha value is -1.12. The lowest BCUT2D eigenvalue weighted by molar-refractivity contribution is 0.492. The monoisotopic (exact) mass is 166 g/mol. The van der Waals surface area contributed by atoms with Gasteiger partial charge in [0.15, 0.2) is 6.39 Å². The SMILES string of the molecule is CCCCCc1ocnc1C=N. The molecule has 3 nitrogen and oxygen atoms in total. The van der Waals surface area contributed by atoms with Gasteiger partial charge in [-0.1, -0.05) is 19.8 Å². The molecule has 1 N–H and O–H groups in total. The Morgan fingerprint density at radius 3 is 3.08 bits per heavy atom. The molecule has 0 atom stereocenters. The molecule has 0 aliphatic rings. The Morgan fingerprint density at radius 1 is 1.58 bits per heavy atom. The van der Waals surface area contributed by atoms with Gasteiger partial charge in [0.25, 0.3) is 0 Å². The van der Waals surface area contributed by atoms with Crippen molar-refractivity contribution in [3.05, 3.63) is 17.8 Å². The average molecular weight is 166 g/mol. The van der Waals surface area contributed by atoms with Gasteiger partial charge >= 0.3 is 0 Å². The number of hydrogen-bond acceptors (Lipinski definition) is 3. The quantitative estimate of drug-likeness (QED) is 0.539. The lowest BCUT2D eigenvalue weighted by atomic mass is 10.1. The molecule has 0 saturated carbocycles. The lowest BCUT2D eigenvalue weighted by Crippen LogP contribution is -1.89. The van der Waals surface area contributed by atoms with Crippen molar-refractivity contribution in [2.45, 2.75) is 32.6 Å². The minimum atomic E-state index is 0.672. The van der Waals surface area contributed by atoms with Gasteiger partial charge in [0, 0.05) is 12.6 Å². The van der Waals surface area contributed by atoms with Crippen molar-refractivity contribution < 1.29 is 4.42 Å². The highest BCUT2D eigenvalue weighted by molar-refractivity contribution is 5.75. The van der Waals surface area contributed by atoms with Gasteiger partial charge in [0.2, 0.25) is 0 Å². The molecular weight excluding hydrogens is 152 g/mol. The fourth-order valence-electron chi connectivity index (χ4n) is 1.12. The third kappa shape index (κ3) is 2.19. The maximum absolute atomic E-state index is 7.03. The predicted octanol–water partition coefficient (Wildman–Crippen LogP) is 2.40. The summed E-state index contributed by atoms with van der Waals surface area (Å²) in [7, 11) is 0. The second kappa shape index (κ2) is 4.70. The van der Waals surface area contributed by atoms with Crippen LogP contribution in [0.25, 0.3) is 0 Å². The first-order chi connectivity index (χ1) is 5.88. The van der Waals surface area contributed by atoms with E-state index in [-0.39, 0.29) is 0 Å². The van der Waals surface area contributed by atoms with E-state index in [2.05, 4.69) is 11.9 Å². The lowest BCUT2D eigenvalue weighted by Gasteiger charge is -1.95. The fourth-order valence-corrected chi connectivity index (χ4v) is 1.12. The zero-order valence-electron chi connectivity index (χ0n) is 7.34. The molecule has 1 heterocycles. The van der Waals surface area contributed by atoms with Gasteiger partial charge < -0.3 is 9.83 Å². The summed E-state index contributed by atoms with van der Waals surface area (Å²) >= 11 is 0. The van der Waals surface area contributed by atoms with Crippen molar-refractivity contribution in [3.63, 3.8) is 0 Å². The summed E-state index contributed by atoms with van der Waals surface area (Å²) in [4.78, 5) is 3.90. The highest BCUT2D eigenvalue weighted by Gasteiger charge is 2.03. The molecular formula is C9H14N2O. The smallest absolute Gasteiger partial charge is 0.181 e. The first kappa shape index (κ1) is 8.97. The molecule has 0 aromatic carbocycles. The summed E-state index contributed by atoms with van der Waals surface area (Å²) in [5, 5.41) is 7.03. The minimum absolute atomic E-state index is 0.672. The van der Waals surface area contributed by atoms with E-state index in [1.54, 1.807) is 0 Å². The van der Waals surface area contributed by atoms with Gasteiger partial charge in [0.1, 0.15) is 11.5 Å². The number of oxazole rings is 1. The van der Waals surface area contributed by atoms with E-state index in [0.717, 1.165) is 18.6 Å². The van der Waals surface area contributed by atoms with E-state index in [0.29, 0.717) is 5.69 Å². The maximum Gasteiger partial charge on any atom is 0.181 e. The van der Waals surface area contributed by atoms with Crippen molar-refractivity contribution in [3.8, 4) is 0 Å². The number of nitrogens with one attached hydrogen (secondary N) is 1. The van der Waals surface area contributed by atoms with Crippen LogP contribution in [0.5, 0.6) is 0 Å². The fraction of sp³-hybridized carbons (Fsp3) is 0.556. The van der Waals surface area contributed by atoms with Crippen molar-refractivity contribution in [2.75, 3.05) is 0 Å². The van der Waals surface area contributed by atoms with Crippen LogP contribution in [0, 0.1) is 5.41 Å². The third-order valence-electron chi connectivity index (χ3n) is 1.82. The second-order valence-electron chi connectivity index (χ2n) is 2.76. The van der Waals surface area contributed by atoms with E-state index >= 15 is 0 Å². The van der Waals surface area contributed by atoms with Crippen LogP contribution >= 0.6 is 0 Å². The third-order valence-corrected chi connectivity index (χ3v) is 1.82. The summed E-state index contributed by atoms with van der Waals surface area (Å²) in [6, 6.07) is 0. The molecule has 12 heavy (non-hydrogen) atoms. The molecule has 0 bridgehead atoms. The van der Waals surface area contributed by atoms with E-state index in [9.17, 15) is 0 Å². The highest BCUT2D eigenvalue weighted by Crippen LogP contribution is 2.09. The van der Waals surface area contributed by atoms with Crippen molar-refractivity contribution in [1.29, 1.82) is 5.41 Å². The number of aromatic nitrogens is 1. The largest absolute Gasteiger partial charge is 0.448 e. The molecule has 3 heteroatoms. The van der Waals surface area contributed by atoms with Crippen molar-refractivity contribution in [2.24, 2.45) is 0 Å². The van der Waals surface area contributed by atoms with Crippen LogP contribution < -0.4 is 0 Å². The highest BCUT2D eigenvalue weighted by atomic mass is 16.3. The van der Waals surface area contributed by atoms with E-state index in [1.165, 1.54) is 25.4 Å². The van der Waals surface area contributed by atoms with Crippen LogP contribution in [0.4, 0.5) is 0 Å². The number of aryl methyl sites for hydroxylation is 1. The van der Waals surface area contributed by atoms with Gasteiger partial charge in [-0.05, 0) is 6.42 Å². The summed E-state index contributed by atoms with van der Waals surface area (Å²) in [5.41, 5.74) is 0.672. The molecule has 0 amide bonds. The van der Waals surface area contributed by atoms with Crippen LogP contribution in [0.15, 0.2) is 10.8 Å². The van der Waals surface area contributed by atoms with E-state index in [1.807, 2.05) is 0 Å². The van der Waals surface area contributed by atoms with Gasteiger partial charge in [-0.15, -0.1) is 0 Å². The first-order valence-electron chi connectivity index (χ1n) is 4.31. The summed E-state index contributed by atoms with van der Waals surface area (Å²) < 4.78 is 5.14. The molecule has 0 aliphatic heterocycles. The molecule has 1 rings (SSSR count). The number of nitrogens with zero attached hydrogens (tertiary/aromatic N) is 1. The predicted molar refractivity (Wildman–Crippen MR) is 47.6 cm³/mol. The van der Waals surface area contributed by atoms with Gasteiger partial charge in [-0.3, -0.25) is 0 Å². The molecule has 0 radical (unpaired) electrons. The summed E-state index contributed by atoms with van der Waals surface area (Å²) in [6.07, 6.45) is 7.07. The molecule has 1 aromatic rings. The zero-order chi connectivity index (χ0) is 8.81. The van der Waals surface area contributed by atoms with Crippen LogP contribution in [0.2, 0.25) is 0 Å². The Morgan fingerprint density at radius 2 is 2.42 bits per heavy atom. The van der Waals surface area contributed by atoms with Crippen LogP contribution in [-0.2, 0) is 6.42 Å². The molecule has 0 fully saturated rings. The van der Waals surface area contributed by atoms with Crippen LogP contribution in [0.3, 0.4) is 0 Å². The molecule has 1 aromatic heterocycles. The van der Waals surface area contributed by atoms with Crippen LogP contribution in [-0.4, -0.2) is 11.2 Å². The Bertz CT molecular complexity index is 242. The number of rotatable bonds is 5. The molecule has 0 saturated heterocycles. The standard InChI is InChI=1S/C9H14N2O/c1-2-3-4-5-9-8(6-10)11-7-12-9/h6-7,10H,2-5H2,1H3. The molecule has 0 unspecified atom stereocenters. The summed E-state index contributed by atoms with van der Waals surface area (Å²) in [5.74, 6) is 0.846. The van der Waals surface area contributed by atoms with E-state index < -0.39 is 0 Å². The van der Waals surface area contributed by atoms with Crippen molar-refractivity contribution >= 4 is 6.21 Å². The number of unbranched alkanes of at least 4 members (excludes halogenated alkanes) is 2. The van der Waals surface area contributed by atoms with Gasteiger partial charge in [-0.2, -0.15) is 0 Å². The summed E-state index contributed by atoms with van der Waals surface area (Å²) in [6.45, 7) is 2.16. The normalized spacial score (nSPS) is 10.1. The van der Waals surface area contributed by atoms with E-state index in [4.69, 9.17) is 9.83 Å². The molecule has 0 spiro atoms. The molecule has 0 aliphatic carbocycles. The topological polar surface area (TPSA) is 49.9 Å². The Balaban J connectivity index is 2.45. The van der Waals surface area contributed by atoms with Gasteiger partial charge in [-0.25, -0.2) is 4.98 Å². The van der Waals surface area contributed by atoms with Crippen LogP contribution in [0.1, 0.15) is 37.6 Å². The second-order valence-corrected chi connectivity index (χ2v) is 2.76. The average Bonchev–Trinajstić information content (AvgIpc) is 2.52.